The average Bonchev–Trinajstić information content (AvgIpc) is 2.89. The van der Waals surface area contributed by atoms with Crippen molar-refractivity contribution in [1.29, 1.82) is 0 Å². The van der Waals surface area contributed by atoms with Gasteiger partial charge in [-0.2, -0.15) is 0 Å². The summed E-state index contributed by atoms with van der Waals surface area (Å²) in [7, 11) is -2.90. The maximum absolute atomic E-state index is 11.7. The van der Waals surface area contributed by atoms with Crippen LogP contribution in [0.2, 0.25) is 0 Å². The van der Waals surface area contributed by atoms with E-state index in [0.29, 0.717) is 18.7 Å². The molecular formula is C13H15ClN2O2S. The predicted molar refractivity (Wildman–Crippen MR) is 76.5 cm³/mol. The number of hydrogen-bond donors (Lipinski definition) is 0. The van der Waals surface area contributed by atoms with E-state index in [-0.39, 0.29) is 17.5 Å². The highest BCUT2D eigenvalue weighted by Crippen LogP contribution is 2.29. The van der Waals surface area contributed by atoms with Gasteiger partial charge in [-0.25, -0.2) is 13.4 Å². The Morgan fingerprint density at radius 2 is 2.16 bits per heavy atom. The number of imidazole rings is 1. The Hall–Kier alpha value is -1.07. The van der Waals surface area contributed by atoms with Crippen molar-refractivity contribution in [3.8, 4) is 0 Å². The first-order chi connectivity index (χ1) is 9.11. The minimum Gasteiger partial charge on any atom is -0.324 e. The Kier molecular flexibility index (Phi) is 3.27. The molecule has 0 amide bonds. The summed E-state index contributed by atoms with van der Waals surface area (Å²) in [6.07, 6.45) is 1.32. The van der Waals surface area contributed by atoms with Crippen molar-refractivity contribution >= 4 is 32.5 Å². The molecule has 0 N–H and O–H groups in total. The van der Waals surface area contributed by atoms with Gasteiger partial charge in [0.1, 0.15) is 5.82 Å². The fraction of sp³-hybridized carbons (Fsp3) is 0.462. The van der Waals surface area contributed by atoms with Crippen LogP contribution >= 0.6 is 11.6 Å². The number of rotatable bonds is 3. The zero-order valence-electron chi connectivity index (χ0n) is 10.4. The van der Waals surface area contributed by atoms with Gasteiger partial charge in [-0.05, 0) is 18.6 Å². The van der Waals surface area contributed by atoms with Crippen molar-refractivity contribution in [1.82, 2.24) is 9.55 Å². The molecule has 6 heteroatoms. The van der Waals surface area contributed by atoms with E-state index in [2.05, 4.69) is 9.55 Å². The molecule has 4 nitrogen and oxygen atoms in total. The molecule has 1 aliphatic heterocycles. The van der Waals surface area contributed by atoms with Crippen LogP contribution in [0.3, 0.4) is 0 Å². The van der Waals surface area contributed by atoms with Crippen LogP contribution in [-0.4, -0.2) is 35.4 Å². The summed E-state index contributed by atoms with van der Waals surface area (Å²) in [5.74, 6) is 1.86. The van der Waals surface area contributed by atoms with Crippen LogP contribution in [0.1, 0.15) is 18.3 Å². The van der Waals surface area contributed by atoms with Gasteiger partial charge in [0, 0.05) is 12.3 Å². The van der Waals surface area contributed by atoms with E-state index in [4.69, 9.17) is 11.6 Å². The molecule has 1 atom stereocenters. The van der Waals surface area contributed by atoms with Crippen molar-refractivity contribution in [2.45, 2.75) is 18.9 Å². The van der Waals surface area contributed by atoms with Crippen molar-refractivity contribution in [3.05, 3.63) is 30.1 Å². The summed E-state index contributed by atoms with van der Waals surface area (Å²) in [6.45, 7) is 0. The molecule has 1 aromatic heterocycles. The first-order valence-corrected chi connectivity index (χ1v) is 8.68. The van der Waals surface area contributed by atoms with E-state index in [1.807, 2.05) is 24.3 Å². The fourth-order valence-corrected chi connectivity index (χ4v) is 4.61. The lowest BCUT2D eigenvalue weighted by Gasteiger charge is -2.14. The minimum atomic E-state index is -2.90. The lowest BCUT2D eigenvalue weighted by Crippen LogP contribution is -2.14. The Morgan fingerprint density at radius 1 is 1.37 bits per heavy atom. The van der Waals surface area contributed by atoms with Gasteiger partial charge < -0.3 is 4.57 Å². The van der Waals surface area contributed by atoms with E-state index < -0.39 is 9.84 Å². The molecular weight excluding hydrogens is 284 g/mol. The summed E-state index contributed by atoms with van der Waals surface area (Å²) < 4.78 is 25.4. The van der Waals surface area contributed by atoms with Crippen LogP contribution in [0, 0.1) is 0 Å². The summed E-state index contributed by atoms with van der Waals surface area (Å²) in [5.41, 5.74) is 1.91. The lowest BCUT2D eigenvalue weighted by atomic mass is 10.2. The smallest absolute Gasteiger partial charge is 0.152 e. The summed E-state index contributed by atoms with van der Waals surface area (Å²) >= 11 is 5.83. The van der Waals surface area contributed by atoms with Crippen LogP contribution in [-0.2, 0) is 16.3 Å². The summed E-state index contributed by atoms with van der Waals surface area (Å²) in [4.78, 5) is 4.58. The molecule has 0 aliphatic carbocycles. The van der Waals surface area contributed by atoms with Crippen LogP contribution < -0.4 is 0 Å². The van der Waals surface area contributed by atoms with Crippen LogP contribution in [0.4, 0.5) is 0 Å². The molecule has 1 saturated heterocycles. The van der Waals surface area contributed by atoms with Gasteiger partial charge in [0.05, 0.1) is 28.6 Å². The molecule has 102 valence electrons. The third-order valence-electron chi connectivity index (χ3n) is 3.56. The SMILES string of the molecule is O=S1(=O)CCC(n2c(CCCl)nc3ccccc32)C1. The van der Waals surface area contributed by atoms with E-state index >= 15 is 0 Å². The van der Waals surface area contributed by atoms with Crippen LogP contribution in [0.25, 0.3) is 11.0 Å². The molecule has 1 aromatic carbocycles. The van der Waals surface area contributed by atoms with Crippen molar-refractivity contribution in [3.63, 3.8) is 0 Å². The third kappa shape index (κ3) is 2.37. The number of halogens is 1. The monoisotopic (exact) mass is 298 g/mol. The largest absolute Gasteiger partial charge is 0.324 e. The molecule has 3 rings (SSSR count). The van der Waals surface area contributed by atoms with Gasteiger partial charge in [-0.3, -0.25) is 0 Å². The number of para-hydroxylation sites is 2. The Balaban J connectivity index is 2.12. The number of nitrogens with zero attached hydrogens (tertiary/aromatic N) is 2. The summed E-state index contributed by atoms with van der Waals surface area (Å²) in [5, 5.41) is 0. The molecule has 19 heavy (non-hydrogen) atoms. The zero-order valence-corrected chi connectivity index (χ0v) is 12.0. The molecule has 0 spiro atoms. The van der Waals surface area contributed by atoms with Crippen molar-refractivity contribution in [2.24, 2.45) is 0 Å². The molecule has 0 saturated carbocycles. The van der Waals surface area contributed by atoms with E-state index in [0.717, 1.165) is 16.9 Å². The summed E-state index contributed by atoms with van der Waals surface area (Å²) in [6, 6.07) is 7.83. The zero-order chi connectivity index (χ0) is 13.5. The highest BCUT2D eigenvalue weighted by atomic mass is 35.5. The highest BCUT2D eigenvalue weighted by molar-refractivity contribution is 7.91. The fourth-order valence-electron chi connectivity index (χ4n) is 2.74. The number of aryl methyl sites for hydroxylation is 1. The number of hydrogen-bond acceptors (Lipinski definition) is 3. The van der Waals surface area contributed by atoms with Gasteiger partial charge in [-0.1, -0.05) is 12.1 Å². The van der Waals surface area contributed by atoms with Crippen molar-refractivity contribution < 1.29 is 8.42 Å². The number of aromatic nitrogens is 2. The normalized spacial score (nSPS) is 22.1. The molecule has 1 aliphatic rings. The van der Waals surface area contributed by atoms with E-state index in [1.165, 1.54) is 0 Å². The Bertz CT molecular complexity index is 709. The van der Waals surface area contributed by atoms with E-state index in [9.17, 15) is 8.42 Å². The van der Waals surface area contributed by atoms with Crippen LogP contribution in [0.5, 0.6) is 0 Å². The quantitative estimate of drug-likeness (QED) is 0.816. The van der Waals surface area contributed by atoms with Gasteiger partial charge in [0.15, 0.2) is 9.84 Å². The van der Waals surface area contributed by atoms with Gasteiger partial charge in [0.2, 0.25) is 0 Å². The molecule has 1 fully saturated rings. The second-order valence-corrected chi connectivity index (χ2v) is 7.49. The van der Waals surface area contributed by atoms with Gasteiger partial charge in [-0.15, -0.1) is 11.6 Å². The number of fused-ring (bicyclic) bond motifs is 1. The maximum Gasteiger partial charge on any atom is 0.152 e. The Labute approximate surface area is 117 Å². The van der Waals surface area contributed by atoms with Crippen molar-refractivity contribution in [2.75, 3.05) is 17.4 Å². The first-order valence-electron chi connectivity index (χ1n) is 6.33. The Morgan fingerprint density at radius 3 is 2.84 bits per heavy atom. The average molecular weight is 299 g/mol. The molecule has 2 heterocycles. The molecule has 1 unspecified atom stereocenters. The van der Waals surface area contributed by atoms with Gasteiger partial charge in [0.25, 0.3) is 0 Å². The van der Waals surface area contributed by atoms with Crippen LogP contribution in [0.15, 0.2) is 24.3 Å². The second kappa shape index (κ2) is 4.80. The minimum absolute atomic E-state index is 0.00406. The highest BCUT2D eigenvalue weighted by Gasteiger charge is 2.31. The molecule has 0 radical (unpaired) electrons. The van der Waals surface area contributed by atoms with Gasteiger partial charge >= 0.3 is 0 Å². The van der Waals surface area contributed by atoms with E-state index in [1.54, 1.807) is 0 Å². The number of sulfone groups is 1. The number of alkyl halides is 1. The maximum atomic E-state index is 11.7. The predicted octanol–water partition coefficient (Wildman–Crippen LogP) is 2.18. The first kappa shape index (κ1) is 12.9. The second-order valence-electron chi connectivity index (χ2n) is 4.88. The number of benzene rings is 1. The molecule has 0 bridgehead atoms. The molecule has 2 aromatic rings. The topological polar surface area (TPSA) is 52.0 Å². The lowest BCUT2D eigenvalue weighted by molar-refractivity contribution is 0.548. The standard InChI is InChI=1S/C13H15ClN2O2S/c14-7-5-13-15-11-3-1-2-4-12(11)16(13)10-6-8-19(17,18)9-10/h1-4,10H,5-9H2. The third-order valence-corrected chi connectivity index (χ3v) is 5.50.